The van der Waals surface area contributed by atoms with Gasteiger partial charge in [-0.3, -0.25) is 4.79 Å². The highest BCUT2D eigenvalue weighted by atomic mass is 32.2. The van der Waals surface area contributed by atoms with Crippen LogP contribution in [0.5, 0.6) is 0 Å². The molecule has 1 atom stereocenters. The van der Waals surface area contributed by atoms with Gasteiger partial charge < -0.3 is 14.8 Å². The average Bonchev–Trinajstić information content (AvgIpc) is 2.68. The van der Waals surface area contributed by atoms with Gasteiger partial charge in [0.1, 0.15) is 11.9 Å². The molecule has 1 unspecified atom stereocenters. The molecule has 8 nitrogen and oxygen atoms in total. The van der Waals surface area contributed by atoms with E-state index in [1.54, 1.807) is 11.5 Å². The van der Waals surface area contributed by atoms with E-state index in [-0.39, 0.29) is 5.03 Å². The molecule has 18 heavy (non-hydrogen) atoms. The molecule has 0 aromatic carbocycles. The molecular formula is C9H15N3O5S. The summed E-state index contributed by atoms with van der Waals surface area (Å²) in [5.74, 6) is -0.943. The zero-order valence-corrected chi connectivity index (χ0v) is 10.8. The van der Waals surface area contributed by atoms with Crippen molar-refractivity contribution in [1.82, 2.24) is 14.3 Å². The van der Waals surface area contributed by atoms with Gasteiger partial charge in [-0.1, -0.05) is 0 Å². The molecule has 1 rings (SSSR count). The lowest BCUT2D eigenvalue weighted by atomic mass is 10.3. The molecule has 1 aromatic heterocycles. The number of nitrogens with one attached hydrogen (secondary N) is 1. The maximum Gasteiger partial charge on any atom is 0.324 e. The van der Waals surface area contributed by atoms with Crippen molar-refractivity contribution < 1.29 is 23.4 Å². The molecule has 0 radical (unpaired) electrons. The molecule has 1 heterocycles. The molecule has 0 bridgehead atoms. The minimum atomic E-state index is -4.05. The van der Waals surface area contributed by atoms with E-state index < -0.39 is 28.6 Å². The number of nitrogens with zero attached hydrogens (tertiary/aromatic N) is 2. The summed E-state index contributed by atoms with van der Waals surface area (Å²) < 4.78 is 27.1. The predicted octanol–water partition coefficient (Wildman–Crippen LogP) is -1.06. The Balaban J connectivity index is 3.02. The number of hydrogen-bond donors (Lipinski definition) is 3. The second-order valence-electron chi connectivity index (χ2n) is 3.61. The first kappa shape index (κ1) is 14.6. The van der Waals surface area contributed by atoms with Gasteiger partial charge in [0.15, 0.2) is 5.03 Å². The Morgan fingerprint density at radius 2 is 2.22 bits per heavy atom. The monoisotopic (exact) mass is 277 g/mol. The Morgan fingerprint density at radius 1 is 1.61 bits per heavy atom. The van der Waals surface area contributed by atoms with E-state index in [1.165, 1.54) is 6.20 Å². The molecular weight excluding hydrogens is 262 g/mol. The summed E-state index contributed by atoms with van der Waals surface area (Å²) >= 11 is 0. The normalized spacial score (nSPS) is 13.5. The minimum absolute atomic E-state index is 0.262. The van der Waals surface area contributed by atoms with Gasteiger partial charge in [0, 0.05) is 12.7 Å². The van der Waals surface area contributed by atoms with Gasteiger partial charge in [-0.2, -0.15) is 4.72 Å². The highest BCUT2D eigenvalue weighted by Crippen LogP contribution is 2.09. The molecule has 9 heteroatoms. The summed E-state index contributed by atoms with van der Waals surface area (Å²) in [6.07, 6.45) is 1.31. The third-order valence-electron chi connectivity index (χ3n) is 2.35. The van der Waals surface area contributed by atoms with Crippen LogP contribution < -0.4 is 4.72 Å². The molecule has 0 spiro atoms. The molecule has 0 fully saturated rings. The van der Waals surface area contributed by atoms with Crippen LogP contribution in [-0.4, -0.2) is 46.8 Å². The number of aliphatic carboxylic acids is 1. The van der Waals surface area contributed by atoms with Gasteiger partial charge in [0.25, 0.3) is 10.0 Å². The zero-order valence-electron chi connectivity index (χ0n) is 9.99. The largest absolute Gasteiger partial charge is 0.480 e. The van der Waals surface area contributed by atoms with Gasteiger partial charge >= 0.3 is 5.97 Å². The van der Waals surface area contributed by atoms with Crippen LogP contribution in [0.3, 0.4) is 0 Å². The summed E-state index contributed by atoms with van der Waals surface area (Å²) in [5, 5.41) is 17.2. The van der Waals surface area contributed by atoms with E-state index in [9.17, 15) is 13.2 Å². The Kier molecular flexibility index (Phi) is 4.43. The number of carboxylic acids is 1. The van der Waals surface area contributed by atoms with Crippen LogP contribution >= 0.6 is 0 Å². The number of aliphatic hydroxyl groups excluding tert-OH is 1. The molecule has 3 N–H and O–H groups in total. The second kappa shape index (κ2) is 5.46. The first-order chi connectivity index (χ1) is 8.31. The smallest absolute Gasteiger partial charge is 0.324 e. The van der Waals surface area contributed by atoms with Crippen molar-refractivity contribution >= 4 is 16.0 Å². The van der Waals surface area contributed by atoms with Crippen molar-refractivity contribution in [2.24, 2.45) is 0 Å². The SMILES string of the molecule is CCn1cc(S(=O)(=O)NC(CO)C(=O)O)nc1C. The third-order valence-corrected chi connectivity index (χ3v) is 3.69. The first-order valence-corrected chi connectivity index (χ1v) is 6.70. The summed E-state index contributed by atoms with van der Waals surface area (Å²) in [7, 11) is -4.05. The molecule has 1 aromatic rings. The summed E-state index contributed by atoms with van der Waals surface area (Å²) in [4.78, 5) is 14.5. The number of sulfonamides is 1. The van der Waals surface area contributed by atoms with E-state index in [4.69, 9.17) is 10.2 Å². The number of aromatic nitrogens is 2. The molecule has 102 valence electrons. The van der Waals surface area contributed by atoms with Gasteiger partial charge in [0.05, 0.1) is 6.61 Å². The van der Waals surface area contributed by atoms with Crippen molar-refractivity contribution in [2.45, 2.75) is 31.5 Å². The number of aliphatic hydroxyl groups is 1. The van der Waals surface area contributed by atoms with E-state index >= 15 is 0 Å². The third kappa shape index (κ3) is 3.06. The maximum absolute atomic E-state index is 11.8. The van der Waals surface area contributed by atoms with Crippen LogP contribution in [0.1, 0.15) is 12.7 Å². The van der Waals surface area contributed by atoms with E-state index in [2.05, 4.69) is 4.98 Å². The molecule has 0 saturated carbocycles. The number of carbonyl (C=O) groups is 1. The van der Waals surface area contributed by atoms with Gasteiger partial charge in [0.2, 0.25) is 0 Å². The minimum Gasteiger partial charge on any atom is -0.480 e. The van der Waals surface area contributed by atoms with Crippen molar-refractivity contribution in [2.75, 3.05) is 6.61 Å². The first-order valence-electron chi connectivity index (χ1n) is 5.21. The van der Waals surface area contributed by atoms with Crippen LogP contribution in [0.25, 0.3) is 0 Å². The van der Waals surface area contributed by atoms with E-state index in [1.807, 2.05) is 11.6 Å². The molecule has 0 amide bonds. The fourth-order valence-electron chi connectivity index (χ4n) is 1.34. The fourth-order valence-corrected chi connectivity index (χ4v) is 2.53. The Hall–Kier alpha value is -1.45. The zero-order chi connectivity index (χ0) is 13.9. The Morgan fingerprint density at radius 3 is 2.61 bits per heavy atom. The van der Waals surface area contributed by atoms with Crippen molar-refractivity contribution in [3.8, 4) is 0 Å². The molecule has 0 aliphatic heterocycles. The van der Waals surface area contributed by atoms with Crippen LogP contribution in [0.2, 0.25) is 0 Å². The van der Waals surface area contributed by atoms with Gasteiger partial charge in [-0.05, 0) is 13.8 Å². The lowest BCUT2D eigenvalue weighted by Crippen LogP contribution is -2.43. The number of carboxylic acid groups (broad SMARTS) is 1. The quantitative estimate of drug-likeness (QED) is 0.609. The summed E-state index contributed by atoms with van der Waals surface area (Å²) in [5.41, 5.74) is 0. The second-order valence-corrected chi connectivity index (χ2v) is 5.27. The van der Waals surface area contributed by atoms with E-state index in [0.29, 0.717) is 12.4 Å². The highest BCUT2D eigenvalue weighted by Gasteiger charge is 2.26. The van der Waals surface area contributed by atoms with Crippen molar-refractivity contribution in [3.63, 3.8) is 0 Å². The molecule has 0 saturated heterocycles. The summed E-state index contributed by atoms with van der Waals surface area (Å²) in [6, 6.07) is -1.58. The van der Waals surface area contributed by atoms with Crippen molar-refractivity contribution in [1.29, 1.82) is 0 Å². The predicted molar refractivity (Wildman–Crippen MR) is 61.5 cm³/mol. The number of rotatable bonds is 6. The number of hydrogen-bond acceptors (Lipinski definition) is 5. The fraction of sp³-hybridized carbons (Fsp3) is 0.556. The van der Waals surface area contributed by atoms with Crippen LogP contribution in [0.15, 0.2) is 11.2 Å². The molecule has 0 aliphatic carbocycles. The summed E-state index contributed by atoms with van der Waals surface area (Å²) in [6.45, 7) is 3.19. The van der Waals surface area contributed by atoms with Crippen LogP contribution in [0.4, 0.5) is 0 Å². The standard InChI is InChI=1S/C9H15N3O5S/c1-3-12-4-8(10-6(12)2)18(16,17)11-7(5-13)9(14)15/h4,7,11,13H,3,5H2,1-2H3,(H,14,15). The number of imidazole rings is 1. The van der Waals surface area contributed by atoms with Gasteiger partial charge in [-0.15, -0.1) is 0 Å². The van der Waals surface area contributed by atoms with Crippen LogP contribution in [-0.2, 0) is 21.4 Å². The molecule has 0 aliphatic rings. The number of aryl methyl sites for hydroxylation is 2. The lowest BCUT2D eigenvalue weighted by Gasteiger charge is -2.10. The van der Waals surface area contributed by atoms with E-state index in [0.717, 1.165) is 0 Å². The highest BCUT2D eigenvalue weighted by molar-refractivity contribution is 7.89. The lowest BCUT2D eigenvalue weighted by molar-refractivity contribution is -0.139. The maximum atomic E-state index is 11.8. The van der Waals surface area contributed by atoms with Gasteiger partial charge in [-0.25, -0.2) is 13.4 Å². The average molecular weight is 277 g/mol. The van der Waals surface area contributed by atoms with Crippen LogP contribution in [0, 0.1) is 6.92 Å². The Labute approximate surface area is 104 Å². The Bertz CT molecular complexity index is 536. The topological polar surface area (TPSA) is 122 Å². The van der Waals surface area contributed by atoms with Crippen molar-refractivity contribution in [3.05, 3.63) is 12.0 Å².